The zero-order valence-corrected chi connectivity index (χ0v) is 16.5. The minimum atomic E-state index is 0.00840. The minimum absolute atomic E-state index is 0.00840. The molecule has 5 nitrogen and oxygen atoms in total. The highest BCUT2D eigenvalue weighted by Gasteiger charge is 2.23. The van der Waals surface area contributed by atoms with Crippen molar-refractivity contribution in [1.82, 2.24) is 10.2 Å². The second-order valence-electron chi connectivity index (χ2n) is 7.03. The highest BCUT2D eigenvalue weighted by molar-refractivity contribution is 6.30. The van der Waals surface area contributed by atoms with Crippen molar-refractivity contribution in [2.75, 3.05) is 26.2 Å². The van der Waals surface area contributed by atoms with Crippen LogP contribution in [0, 0.1) is 5.92 Å². The molecule has 2 aromatic carbocycles. The lowest BCUT2D eigenvalue weighted by atomic mass is 9.96. The fourth-order valence-corrected chi connectivity index (χ4v) is 3.37. The molecule has 6 heteroatoms. The first-order valence-electron chi connectivity index (χ1n) is 9.57. The number of hydrogen-bond acceptors (Lipinski definition) is 3. The van der Waals surface area contributed by atoms with Crippen LogP contribution in [0.1, 0.15) is 18.4 Å². The van der Waals surface area contributed by atoms with Crippen LogP contribution >= 0.6 is 11.6 Å². The molecule has 0 radical (unpaired) electrons. The summed E-state index contributed by atoms with van der Waals surface area (Å²) in [7, 11) is 0. The van der Waals surface area contributed by atoms with Crippen LogP contribution in [0.25, 0.3) is 0 Å². The average molecular weight is 401 g/mol. The third-order valence-corrected chi connectivity index (χ3v) is 5.19. The Labute approximate surface area is 170 Å². The molecule has 148 valence electrons. The van der Waals surface area contributed by atoms with E-state index < -0.39 is 0 Å². The van der Waals surface area contributed by atoms with Crippen molar-refractivity contribution in [3.05, 3.63) is 65.2 Å². The van der Waals surface area contributed by atoms with Gasteiger partial charge in [0.1, 0.15) is 5.75 Å². The molecule has 28 heavy (non-hydrogen) atoms. The van der Waals surface area contributed by atoms with Crippen LogP contribution in [0.5, 0.6) is 5.75 Å². The molecule has 2 amide bonds. The van der Waals surface area contributed by atoms with Crippen molar-refractivity contribution in [2.24, 2.45) is 5.92 Å². The maximum atomic E-state index is 12.3. The van der Waals surface area contributed by atoms with Crippen LogP contribution in [0.15, 0.2) is 54.6 Å². The van der Waals surface area contributed by atoms with E-state index >= 15 is 0 Å². The SMILES string of the molecule is O=C(Cc1ccc(Cl)cc1)NCC1CCN(C(=O)COc2ccccc2)CC1. The molecule has 0 bridgehead atoms. The van der Waals surface area contributed by atoms with Gasteiger partial charge in [0.15, 0.2) is 6.61 Å². The molecule has 1 heterocycles. The predicted octanol–water partition coefficient (Wildman–Crippen LogP) is 3.32. The highest BCUT2D eigenvalue weighted by atomic mass is 35.5. The van der Waals surface area contributed by atoms with Crippen LogP contribution in [-0.4, -0.2) is 43.0 Å². The van der Waals surface area contributed by atoms with E-state index in [9.17, 15) is 9.59 Å². The smallest absolute Gasteiger partial charge is 0.260 e. The normalized spacial score (nSPS) is 14.5. The molecule has 1 aliphatic heterocycles. The summed E-state index contributed by atoms with van der Waals surface area (Å²) < 4.78 is 5.53. The maximum absolute atomic E-state index is 12.3. The summed E-state index contributed by atoms with van der Waals surface area (Å²) in [5.41, 5.74) is 0.945. The van der Waals surface area contributed by atoms with Crippen LogP contribution in [0.4, 0.5) is 0 Å². The Morgan fingerprint density at radius 3 is 2.39 bits per heavy atom. The van der Waals surface area contributed by atoms with Crippen molar-refractivity contribution in [3.63, 3.8) is 0 Å². The molecule has 1 N–H and O–H groups in total. The number of piperidine rings is 1. The van der Waals surface area contributed by atoms with E-state index in [0.29, 0.717) is 42.7 Å². The van der Waals surface area contributed by atoms with Gasteiger partial charge in [-0.2, -0.15) is 0 Å². The predicted molar refractivity (Wildman–Crippen MR) is 109 cm³/mol. The van der Waals surface area contributed by atoms with Gasteiger partial charge in [-0.3, -0.25) is 9.59 Å². The number of benzene rings is 2. The fraction of sp³-hybridized carbons (Fsp3) is 0.364. The molecule has 0 aromatic heterocycles. The van der Waals surface area contributed by atoms with E-state index in [0.717, 1.165) is 18.4 Å². The second kappa shape index (κ2) is 10.1. The summed E-state index contributed by atoms with van der Waals surface area (Å²) in [6.07, 6.45) is 2.13. The molecular formula is C22H25ClN2O3. The molecule has 2 aromatic rings. The number of ether oxygens (including phenoxy) is 1. The molecular weight excluding hydrogens is 376 g/mol. The number of halogens is 1. The zero-order valence-electron chi connectivity index (χ0n) is 15.8. The number of amides is 2. The summed E-state index contributed by atoms with van der Waals surface area (Å²) in [6.45, 7) is 2.12. The Bertz CT molecular complexity index is 772. The van der Waals surface area contributed by atoms with Crippen LogP contribution in [0.3, 0.4) is 0 Å². The van der Waals surface area contributed by atoms with E-state index in [2.05, 4.69) is 5.32 Å². The van der Waals surface area contributed by atoms with Gasteiger partial charge in [0.05, 0.1) is 6.42 Å². The Kier molecular flexibility index (Phi) is 7.31. The summed E-state index contributed by atoms with van der Waals surface area (Å²) in [5, 5.41) is 3.67. The average Bonchev–Trinajstić information content (AvgIpc) is 2.73. The molecule has 0 atom stereocenters. The number of para-hydroxylation sites is 1. The standard InChI is InChI=1S/C22H25ClN2O3/c23-19-8-6-17(7-9-19)14-21(26)24-15-18-10-12-25(13-11-18)22(27)16-28-20-4-2-1-3-5-20/h1-9,18H,10-16H2,(H,24,26). The van der Waals surface area contributed by atoms with E-state index in [1.165, 1.54) is 0 Å². The number of likely N-dealkylation sites (tertiary alicyclic amines) is 1. The number of hydrogen-bond donors (Lipinski definition) is 1. The molecule has 0 unspecified atom stereocenters. The van der Waals surface area contributed by atoms with E-state index in [4.69, 9.17) is 16.3 Å². The van der Waals surface area contributed by atoms with Gasteiger partial charge < -0.3 is 15.0 Å². The lowest BCUT2D eigenvalue weighted by Gasteiger charge is -2.32. The number of rotatable bonds is 7. The zero-order chi connectivity index (χ0) is 19.8. The van der Waals surface area contributed by atoms with Crippen LogP contribution in [0.2, 0.25) is 5.02 Å². The lowest BCUT2D eigenvalue weighted by molar-refractivity contribution is -0.135. The first-order chi connectivity index (χ1) is 13.6. The van der Waals surface area contributed by atoms with Crippen molar-refractivity contribution in [2.45, 2.75) is 19.3 Å². The molecule has 0 spiro atoms. The van der Waals surface area contributed by atoms with E-state index in [-0.39, 0.29) is 18.4 Å². The lowest BCUT2D eigenvalue weighted by Crippen LogP contribution is -2.43. The van der Waals surface area contributed by atoms with Crippen LogP contribution < -0.4 is 10.1 Å². The topological polar surface area (TPSA) is 58.6 Å². The van der Waals surface area contributed by atoms with Crippen molar-refractivity contribution in [3.8, 4) is 5.75 Å². The molecule has 0 saturated carbocycles. The Balaban J connectivity index is 1.34. The first kappa shape index (κ1) is 20.2. The summed E-state index contributed by atoms with van der Waals surface area (Å²) in [5.74, 6) is 1.12. The van der Waals surface area contributed by atoms with Gasteiger partial charge in [0.25, 0.3) is 5.91 Å². The van der Waals surface area contributed by atoms with Gasteiger partial charge in [0, 0.05) is 24.7 Å². The third kappa shape index (κ3) is 6.27. The Morgan fingerprint density at radius 2 is 1.71 bits per heavy atom. The Hall–Kier alpha value is -2.53. The summed E-state index contributed by atoms with van der Waals surface area (Å²) in [6, 6.07) is 16.7. The molecule has 0 aliphatic carbocycles. The number of carbonyl (C=O) groups excluding carboxylic acids is 2. The quantitative estimate of drug-likeness (QED) is 0.775. The second-order valence-corrected chi connectivity index (χ2v) is 7.47. The minimum Gasteiger partial charge on any atom is -0.484 e. The highest BCUT2D eigenvalue weighted by Crippen LogP contribution is 2.17. The van der Waals surface area contributed by atoms with Gasteiger partial charge in [-0.15, -0.1) is 0 Å². The first-order valence-corrected chi connectivity index (χ1v) is 9.95. The number of nitrogens with one attached hydrogen (secondary N) is 1. The van der Waals surface area contributed by atoms with E-state index in [1.54, 1.807) is 12.1 Å². The van der Waals surface area contributed by atoms with Crippen molar-refractivity contribution < 1.29 is 14.3 Å². The monoisotopic (exact) mass is 400 g/mol. The summed E-state index contributed by atoms with van der Waals surface area (Å²) >= 11 is 5.86. The summed E-state index contributed by atoms with van der Waals surface area (Å²) in [4.78, 5) is 26.2. The largest absolute Gasteiger partial charge is 0.484 e. The molecule has 3 rings (SSSR count). The third-order valence-electron chi connectivity index (χ3n) is 4.94. The number of carbonyl (C=O) groups is 2. The fourth-order valence-electron chi connectivity index (χ4n) is 3.25. The van der Waals surface area contributed by atoms with Gasteiger partial charge >= 0.3 is 0 Å². The van der Waals surface area contributed by atoms with Gasteiger partial charge in [-0.25, -0.2) is 0 Å². The van der Waals surface area contributed by atoms with Gasteiger partial charge in [0.2, 0.25) is 5.91 Å². The molecule has 1 aliphatic rings. The van der Waals surface area contributed by atoms with E-state index in [1.807, 2.05) is 47.4 Å². The van der Waals surface area contributed by atoms with Crippen molar-refractivity contribution in [1.29, 1.82) is 0 Å². The van der Waals surface area contributed by atoms with Crippen LogP contribution in [-0.2, 0) is 16.0 Å². The molecule has 1 saturated heterocycles. The Morgan fingerprint density at radius 1 is 1.04 bits per heavy atom. The van der Waals surface area contributed by atoms with Gasteiger partial charge in [-0.1, -0.05) is 41.9 Å². The maximum Gasteiger partial charge on any atom is 0.260 e. The van der Waals surface area contributed by atoms with Crippen molar-refractivity contribution >= 4 is 23.4 Å². The molecule has 1 fully saturated rings. The number of nitrogens with zero attached hydrogens (tertiary/aromatic N) is 1. The van der Waals surface area contributed by atoms with Gasteiger partial charge in [-0.05, 0) is 48.6 Å².